The topological polar surface area (TPSA) is 106 Å². The average Bonchev–Trinajstić information content (AvgIpc) is 3.42. The third-order valence-electron chi connectivity index (χ3n) is 5.49. The fourth-order valence-corrected chi connectivity index (χ4v) is 4.43. The number of benzene rings is 2. The molecule has 0 atom stereocenters. The predicted octanol–water partition coefficient (Wildman–Crippen LogP) is 4.78. The van der Waals surface area contributed by atoms with E-state index >= 15 is 0 Å². The van der Waals surface area contributed by atoms with Crippen LogP contribution in [0.1, 0.15) is 39.2 Å². The van der Waals surface area contributed by atoms with Gasteiger partial charge in [0.05, 0.1) is 25.7 Å². The van der Waals surface area contributed by atoms with Crippen LogP contribution < -0.4 is 18.9 Å². The van der Waals surface area contributed by atoms with Gasteiger partial charge in [-0.15, -0.1) is 0 Å². The van der Waals surface area contributed by atoms with Crippen LogP contribution in [0.25, 0.3) is 6.08 Å². The minimum Gasteiger partial charge on any atom is -0.479 e. The number of hydrogen-bond acceptors (Lipinski definition) is 9. The third kappa shape index (κ3) is 4.80. The largest absolute Gasteiger partial charge is 0.479 e. The number of carbonyl (C=O) groups is 2. The van der Waals surface area contributed by atoms with Crippen LogP contribution in [-0.2, 0) is 22.6 Å². The number of carbonyl (C=O) groups excluding carboxylic acids is 2. The zero-order chi connectivity index (χ0) is 24.5. The first-order valence-electron chi connectivity index (χ1n) is 10.7. The highest BCUT2D eigenvalue weighted by atomic mass is 79.9. The Kier molecular flexibility index (Phi) is 6.31. The number of aromatic nitrogens is 1. The molecule has 0 unspecified atom stereocenters. The van der Waals surface area contributed by atoms with Gasteiger partial charge in [-0.3, -0.25) is 9.59 Å². The van der Waals surface area contributed by atoms with Crippen molar-refractivity contribution in [3.8, 4) is 23.1 Å². The van der Waals surface area contributed by atoms with Gasteiger partial charge in [0.2, 0.25) is 5.78 Å². The molecule has 0 radical (unpaired) electrons. The molecule has 0 saturated carbocycles. The monoisotopic (exact) mass is 541 g/mol. The molecule has 180 valence electrons. The molecule has 35 heavy (non-hydrogen) atoms. The Morgan fingerprint density at radius 1 is 1.23 bits per heavy atom. The Morgan fingerprint density at radius 2 is 2.09 bits per heavy atom. The molecule has 2 aliphatic rings. The molecule has 0 spiro atoms. The van der Waals surface area contributed by atoms with Gasteiger partial charge in [-0.05, 0) is 41.9 Å². The maximum Gasteiger partial charge on any atom is 0.311 e. The molecular weight excluding hydrogens is 522 g/mol. The lowest BCUT2D eigenvalue weighted by molar-refractivity contribution is -0.134. The number of methoxy groups -OCH3 is 1. The van der Waals surface area contributed by atoms with Gasteiger partial charge in [0, 0.05) is 34.2 Å². The number of aryl methyl sites for hydroxylation is 2. The standard InChI is InChI=1S/C25H20BrNO8/c1-13-5-18(33-22(28)4-3-17-10-21(30-2)27-35-17)9-19-23(13)24(29)20(34-19)8-14-6-16(26)7-15-11-31-12-32-25(14)15/h5-10H,3-4,11-12H2,1-2H3/b20-8-. The summed E-state index contributed by atoms with van der Waals surface area (Å²) in [7, 11) is 1.48. The molecule has 9 nitrogen and oxygen atoms in total. The van der Waals surface area contributed by atoms with Crippen molar-refractivity contribution in [3.63, 3.8) is 0 Å². The number of ether oxygens (including phenoxy) is 5. The fraction of sp³-hybridized carbons (Fsp3) is 0.240. The molecule has 3 aromatic rings. The summed E-state index contributed by atoms with van der Waals surface area (Å²) < 4.78 is 33.2. The van der Waals surface area contributed by atoms with Crippen molar-refractivity contribution in [2.45, 2.75) is 26.4 Å². The van der Waals surface area contributed by atoms with Crippen LogP contribution in [0.15, 0.2) is 45.1 Å². The Balaban J connectivity index is 1.33. The van der Waals surface area contributed by atoms with E-state index in [2.05, 4.69) is 21.1 Å². The molecule has 0 aliphatic carbocycles. The maximum atomic E-state index is 13.1. The van der Waals surface area contributed by atoms with E-state index in [-0.39, 0.29) is 30.5 Å². The summed E-state index contributed by atoms with van der Waals surface area (Å²) in [5.74, 6) is 1.56. The SMILES string of the molecule is COc1cc(CCC(=O)Oc2cc(C)c3c(c2)O/C(=C\c2cc(Br)cc4c2OCOC4)C3=O)on1. The van der Waals surface area contributed by atoms with E-state index in [1.54, 1.807) is 25.1 Å². The lowest BCUT2D eigenvalue weighted by Crippen LogP contribution is -2.12. The van der Waals surface area contributed by atoms with Gasteiger partial charge in [-0.1, -0.05) is 15.9 Å². The van der Waals surface area contributed by atoms with Crippen LogP contribution in [0.5, 0.6) is 23.1 Å². The van der Waals surface area contributed by atoms with Crippen LogP contribution >= 0.6 is 15.9 Å². The van der Waals surface area contributed by atoms with E-state index in [4.69, 9.17) is 28.2 Å². The van der Waals surface area contributed by atoms with Crippen molar-refractivity contribution >= 4 is 33.8 Å². The number of fused-ring (bicyclic) bond motifs is 2. The van der Waals surface area contributed by atoms with E-state index in [0.717, 1.165) is 10.0 Å². The zero-order valence-electron chi connectivity index (χ0n) is 18.9. The van der Waals surface area contributed by atoms with Crippen LogP contribution in [0, 0.1) is 6.92 Å². The predicted molar refractivity (Wildman–Crippen MR) is 126 cm³/mol. The van der Waals surface area contributed by atoms with E-state index < -0.39 is 5.97 Å². The number of nitrogens with zero attached hydrogens (tertiary/aromatic N) is 1. The smallest absolute Gasteiger partial charge is 0.311 e. The molecule has 0 fully saturated rings. The highest BCUT2D eigenvalue weighted by Crippen LogP contribution is 2.39. The molecule has 1 aromatic heterocycles. The van der Waals surface area contributed by atoms with Gasteiger partial charge in [0.25, 0.3) is 5.88 Å². The van der Waals surface area contributed by atoms with Gasteiger partial charge >= 0.3 is 5.97 Å². The lowest BCUT2D eigenvalue weighted by Gasteiger charge is -2.20. The fourth-order valence-electron chi connectivity index (χ4n) is 3.91. The van der Waals surface area contributed by atoms with Gasteiger partial charge in [0.15, 0.2) is 12.6 Å². The average molecular weight is 542 g/mol. The minimum atomic E-state index is -0.458. The maximum absolute atomic E-state index is 13.1. The molecule has 2 aliphatic heterocycles. The van der Waals surface area contributed by atoms with Gasteiger partial charge in [0.1, 0.15) is 23.0 Å². The highest BCUT2D eigenvalue weighted by molar-refractivity contribution is 9.10. The Morgan fingerprint density at radius 3 is 2.89 bits per heavy atom. The van der Waals surface area contributed by atoms with E-state index in [1.165, 1.54) is 13.2 Å². The molecule has 10 heteroatoms. The first-order valence-corrected chi connectivity index (χ1v) is 11.5. The second-order valence-corrected chi connectivity index (χ2v) is 8.87. The number of ketones is 1. The van der Waals surface area contributed by atoms with Crippen molar-refractivity contribution in [2.75, 3.05) is 13.9 Å². The first kappa shape index (κ1) is 23.1. The summed E-state index contributed by atoms with van der Waals surface area (Å²) in [6, 6.07) is 8.55. The molecule has 0 amide bonds. The number of rotatable bonds is 6. The second-order valence-electron chi connectivity index (χ2n) is 7.96. The van der Waals surface area contributed by atoms with Gasteiger partial charge < -0.3 is 28.2 Å². The normalized spacial score (nSPS) is 15.3. The van der Waals surface area contributed by atoms with Crippen molar-refractivity contribution in [3.05, 3.63) is 68.6 Å². The van der Waals surface area contributed by atoms with Crippen LogP contribution in [0.3, 0.4) is 0 Å². The van der Waals surface area contributed by atoms with Crippen LogP contribution in [0.2, 0.25) is 0 Å². The molecule has 0 N–H and O–H groups in total. The molecule has 2 aromatic carbocycles. The second kappa shape index (κ2) is 9.55. The van der Waals surface area contributed by atoms with E-state index in [0.29, 0.717) is 52.9 Å². The number of allylic oxidation sites excluding steroid dienone is 1. The van der Waals surface area contributed by atoms with Crippen LogP contribution in [-0.4, -0.2) is 30.8 Å². The number of Topliss-reactive ketones (excluding diaryl/α,β-unsaturated/α-hetero) is 1. The van der Waals surface area contributed by atoms with Crippen molar-refractivity contribution in [1.82, 2.24) is 5.16 Å². The molecular formula is C25H20BrNO8. The summed E-state index contributed by atoms with van der Waals surface area (Å²) in [5, 5.41) is 3.70. The Labute approximate surface area is 208 Å². The van der Waals surface area contributed by atoms with E-state index in [9.17, 15) is 9.59 Å². The third-order valence-corrected chi connectivity index (χ3v) is 5.95. The van der Waals surface area contributed by atoms with Crippen molar-refractivity contribution in [1.29, 1.82) is 0 Å². The Bertz CT molecular complexity index is 1360. The first-order chi connectivity index (χ1) is 16.9. The summed E-state index contributed by atoms with van der Waals surface area (Å²) in [6.45, 7) is 2.32. The van der Waals surface area contributed by atoms with Crippen molar-refractivity contribution in [2.24, 2.45) is 0 Å². The van der Waals surface area contributed by atoms with Crippen molar-refractivity contribution < 1.29 is 37.8 Å². The molecule has 0 bridgehead atoms. The molecule has 5 rings (SSSR count). The van der Waals surface area contributed by atoms with E-state index in [1.807, 2.05) is 12.1 Å². The summed E-state index contributed by atoms with van der Waals surface area (Å²) in [4.78, 5) is 25.4. The molecule has 0 saturated heterocycles. The summed E-state index contributed by atoms with van der Waals surface area (Å²) >= 11 is 3.48. The summed E-state index contributed by atoms with van der Waals surface area (Å²) in [6.07, 6.45) is 2.04. The summed E-state index contributed by atoms with van der Waals surface area (Å²) in [5.41, 5.74) is 2.63. The number of hydrogen-bond donors (Lipinski definition) is 0. The number of halogens is 1. The molecule has 3 heterocycles. The highest BCUT2D eigenvalue weighted by Gasteiger charge is 2.31. The quantitative estimate of drug-likeness (QED) is 0.247. The van der Waals surface area contributed by atoms with Crippen LogP contribution in [0.4, 0.5) is 0 Å². The van der Waals surface area contributed by atoms with Gasteiger partial charge in [-0.25, -0.2) is 0 Å². The van der Waals surface area contributed by atoms with Gasteiger partial charge in [-0.2, -0.15) is 0 Å². The minimum absolute atomic E-state index is 0.0805. The Hall–Kier alpha value is -3.63. The zero-order valence-corrected chi connectivity index (χ0v) is 20.5. The number of esters is 1. The lowest BCUT2D eigenvalue weighted by atomic mass is 10.0.